The van der Waals surface area contributed by atoms with Crippen molar-refractivity contribution in [3.05, 3.63) is 30.1 Å². The molecule has 0 aliphatic rings. The number of amides is 1. The Morgan fingerprint density at radius 2 is 2.33 bits per heavy atom. The molecule has 5 heteroatoms. The predicted octanol–water partition coefficient (Wildman–Crippen LogP) is 1.55. The number of aromatic nitrogens is 1. The van der Waals surface area contributed by atoms with Crippen molar-refractivity contribution in [3.8, 4) is 0 Å². The third-order valence-corrected chi connectivity index (χ3v) is 2.29. The van der Waals surface area contributed by atoms with Gasteiger partial charge >= 0.3 is 0 Å². The quantitative estimate of drug-likeness (QED) is 0.468. The van der Waals surface area contributed by atoms with Gasteiger partial charge in [-0.1, -0.05) is 0 Å². The summed E-state index contributed by atoms with van der Waals surface area (Å²) < 4.78 is 0. The SMILES string of the molecule is CSCC/C=N\NC(=O)c1ccncc1. The maximum absolute atomic E-state index is 11.4. The molecule has 1 heterocycles. The molecule has 15 heavy (non-hydrogen) atoms. The minimum atomic E-state index is -0.210. The number of nitrogens with zero attached hydrogens (tertiary/aromatic N) is 2. The molecule has 0 saturated heterocycles. The molecule has 1 aromatic rings. The molecule has 1 N–H and O–H groups in total. The van der Waals surface area contributed by atoms with Crippen LogP contribution in [0, 0.1) is 0 Å². The van der Waals surface area contributed by atoms with E-state index in [-0.39, 0.29) is 5.91 Å². The van der Waals surface area contributed by atoms with Gasteiger partial charge in [0.25, 0.3) is 5.91 Å². The van der Waals surface area contributed by atoms with Crippen LogP contribution in [0.2, 0.25) is 0 Å². The zero-order chi connectivity index (χ0) is 10.9. The fourth-order valence-corrected chi connectivity index (χ4v) is 1.25. The largest absolute Gasteiger partial charge is 0.271 e. The lowest BCUT2D eigenvalue weighted by Gasteiger charge is -1.97. The Kier molecular flexibility index (Phi) is 5.47. The van der Waals surface area contributed by atoms with Crippen molar-refractivity contribution in [2.24, 2.45) is 5.10 Å². The molecule has 1 rings (SSSR count). The van der Waals surface area contributed by atoms with Gasteiger partial charge in [0.05, 0.1) is 0 Å². The molecule has 0 unspecified atom stereocenters. The normalized spacial score (nSPS) is 10.5. The summed E-state index contributed by atoms with van der Waals surface area (Å²) in [7, 11) is 0. The van der Waals surface area contributed by atoms with Crippen LogP contribution >= 0.6 is 11.8 Å². The van der Waals surface area contributed by atoms with Gasteiger partial charge < -0.3 is 0 Å². The summed E-state index contributed by atoms with van der Waals surface area (Å²) in [5.74, 6) is 0.798. The summed E-state index contributed by atoms with van der Waals surface area (Å²) in [6.45, 7) is 0. The van der Waals surface area contributed by atoms with E-state index in [1.165, 1.54) is 0 Å². The molecule has 0 saturated carbocycles. The van der Waals surface area contributed by atoms with Crippen LogP contribution in [0.4, 0.5) is 0 Å². The van der Waals surface area contributed by atoms with Gasteiger partial charge in [-0.15, -0.1) is 0 Å². The number of rotatable bonds is 5. The number of pyridine rings is 1. The van der Waals surface area contributed by atoms with E-state index >= 15 is 0 Å². The van der Waals surface area contributed by atoms with Crippen molar-refractivity contribution in [2.45, 2.75) is 6.42 Å². The molecule has 0 aromatic carbocycles. The Balaban J connectivity index is 2.34. The fraction of sp³-hybridized carbons (Fsp3) is 0.300. The first-order chi connectivity index (χ1) is 7.34. The van der Waals surface area contributed by atoms with Crippen molar-refractivity contribution in [1.82, 2.24) is 10.4 Å². The molecule has 0 aliphatic heterocycles. The number of carbonyl (C=O) groups excluding carboxylic acids is 1. The number of nitrogens with one attached hydrogen (secondary N) is 1. The van der Waals surface area contributed by atoms with E-state index < -0.39 is 0 Å². The van der Waals surface area contributed by atoms with Gasteiger partial charge in [-0.25, -0.2) is 5.43 Å². The van der Waals surface area contributed by atoms with Crippen LogP contribution in [0.3, 0.4) is 0 Å². The zero-order valence-corrected chi connectivity index (χ0v) is 9.33. The lowest BCUT2D eigenvalue weighted by molar-refractivity contribution is 0.0955. The minimum Gasteiger partial charge on any atom is -0.267 e. The molecule has 0 radical (unpaired) electrons. The topological polar surface area (TPSA) is 54.4 Å². The van der Waals surface area contributed by atoms with Gasteiger partial charge in [-0.3, -0.25) is 9.78 Å². The maximum atomic E-state index is 11.4. The molecule has 0 spiro atoms. The van der Waals surface area contributed by atoms with Crippen LogP contribution < -0.4 is 5.43 Å². The number of hydrogen-bond donors (Lipinski definition) is 1. The lowest BCUT2D eigenvalue weighted by Crippen LogP contribution is -2.17. The van der Waals surface area contributed by atoms with Crippen molar-refractivity contribution in [1.29, 1.82) is 0 Å². The highest BCUT2D eigenvalue weighted by atomic mass is 32.2. The number of carbonyl (C=O) groups is 1. The molecule has 0 atom stereocenters. The molecule has 0 aliphatic carbocycles. The van der Waals surface area contributed by atoms with Crippen molar-refractivity contribution >= 4 is 23.9 Å². The highest BCUT2D eigenvalue weighted by molar-refractivity contribution is 7.98. The van der Waals surface area contributed by atoms with Gasteiger partial charge in [0, 0.05) is 24.2 Å². The van der Waals surface area contributed by atoms with Crippen LogP contribution in [-0.4, -0.2) is 29.1 Å². The Hall–Kier alpha value is -1.36. The third-order valence-electron chi connectivity index (χ3n) is 1.65. The van der Waals surface area contributed by atoms with E-state index in [1.807, 2.05) is 6.26 Å². The molecule has 0 bridgehead atoms. The fourth-order valence-electron chi connectivity index (χ4n) is 0.907. The van der Waals surface area contributed by atoms with Crippen LogP contribution in [0.1, 0.15) is 16.8 Å². The van der Waals surface area contributed by atoms with Crippen molar-refractivity contribution in [3.63, 3.8) is 0 Å². The van der Waals surface area contributed by atoms with E-state index in [0.717, 1.165) is 12.2 Å². The summed E-state index contributed by atoms with van der Waals surface area (Å²) in [5.41, 5.74) is 3.01. The van der Waals surface area contributed by atoms with E-state index in [0.29, 0.717) is 5.56 Å². The molecular formula is C10H13N3OS. The average molecular weight is 223 g/mol. The average Bonchev–Trinajstić information content (AvgIpc) is 2.30. The number of hydrazone groups is 1. The predicted molar refractivity (Wildman–Crippen MR) is 63.2 cm³/mol. The Labute approximate surface area is 93.2 Å². The molecule has 80 valence electrons. The maximum Gasteiger partial charge on any atom is 0.271 e. The van der Waals surface area contributed by atoms with Gasteiger partial charge in [0.15, 0.2) is 0 Å². The minimum absolute atomic E-state index is 0.210. The second kappa shape index (κ2) is 7.00. The molecule has 1 aromatic heterocycles. The zero-order valence-electron chi connectivity index (χ0n) is 8.51. The van der Waals surface area contributed by atoms with Gasteiger partial charge in [0.2, 0.25) is 0 Å². The van der Waals surface area contributed by atoms with Crippen LogP contribution in [0.25, 0.3) is 0 Å². The van der Waals surface area contributed by atoms with Gasteiger partial charge in [0.1, 0.15) is 0 Å². The second-order valence-electron chi connectivity index (χ2n) is 2.77. The summed E-state index contributed by atoms with van der Waals surface area (Å²) in [6.07, 6.45) is 7.75. The standard InChI is InChI=1S/C10H13N3OS/c1-15-8-2-5-12-13-10(14)9-3-6-11-7-4-9/h3-7H,2,8H2,1H3,(H,13,14)/b12-5-. The molecule has 1 amide bonds. The monoisotopic (exact) mass is 223 g/mol. The summed E-state index contributed by atoms with van der Waals surface area (Å²) in [6, 6.07) is 3.29. The number of hydrogen-bond acceptors (Lipinski definition) is 4. The summed E-state index contributed by atoms with van der Waals surface area (Å²) in [5, 5.41) is 3.83. The van der Waals surface area contributed by atoms with E-state index in [1.54, 1.807) is 42.5 Å². The van der Waals surface area contributed by atoms with Crippen molar-refractivity contribution < 1.29 is 4.79 Å². The first-order valence-electron chi connectivity index (χ1n) is 4.55. The summed E-state index contributed by atoms with van der Waals surface area (Å²) in [4.78, 5) is 15.2. The first kappa shape index (κ1) is 11.7. The smallest absolute Gasteiger partial charge is 0.267 e. The van der Waals surface area contributed by atoms with Crippen LogP contribution in [-0.2, 0) is 0 Å². The molecular weight excluding hydrogens is 210 g/mol. The second-order valence-corrected chi connectivity index (χ2v) is 3.76. The third kappa shape index (κ3) is 4.60. The van der Waals surface area contributed by atoms with Crippen LogP contribution in [0.15, 0.2) is 29.6 Å². The molecule has 4 nitrogen and oxygen atoms in total. The van der Waals surface area contributed by atoms with E-state index in [2.05, 4.69) is 15.5 Å². The van der Waals surface area contributed by atoms with E-state index in [9.17, 15) is 4.79 Å². The van der Waals surface area contributed by atoms with Crippen LogP contribution in [0.5, 0.6) is 0 Å². The lowest BCUT2D eigenvalue weighted by atomic mass is 10.3. The van der Waals surface area contributed by atoms with E-state index in [4.69, 9.17) is 0 Å². The van der Waals surface area contributed by atoms with Gasteiger partial charge in [-0.05, 0) is 30.6 Å². The Morgan fingerprint density at radius 1 is 1.60 bits per heavy atom. The van der Waals surface area contributed by atoms with Crippen molar-refractivity contribution in [2.75, 3.05) is 12.0 Å². The Bertz CT molecular complexity index is 327. The Morgan fingerprint density at radius 3 is 3.00 bits per heavy atom. The van der Waals surface area contributed by atoms with Gasteiger partial charge in [-0.2, -0.15) is 16.9 Å². The highest BCUT2D eigenvalue weighted by Gasteiger charge is 2.01. The summed E-state index contributed by atoms with van der Waals surface area (Å²) >= 11 is 1.74. The highest BCUT2D eigenvalue weighted by Crippen LogP contribution is 1.95. The first-order valence-corrected chi connectivity index (χ1v) is 5.95. The molecule has 0 fully saturated rings. The number of thioether (sulfide) groups is 1.